The molecule has 0 radical (unpaired) electrons. The Morgan fingerprint density at radius 2 is 1.41 bits per heavy atom. The summed E-state index contributed by atoms with van der Waals surface area (Å²) in [5.41, 5.74) is 14.3. The van der Waals surface area contributed by atoms with Crippen molar-refractivity contribution in [3.63, 3.8) is 0 Å². The van der Waals surface area contributed by atoms with E-state index in [0.29, 0.717) is 5.92 Å². The van der Waals surface area contributed by atoms with Crippen molar-refractivity contribution in [3.8, 4) is 0 Å². The zero-order valence-corrected chi connectivity index (χ0v) is 21.2. The van der Waals surface area contributed by atoms with E-state index < -0.39 is 0 Å². The molecule has 0 amide bonds. The van der Waals surface area contributed by atoms with E-state index in [2.05, 4.69) is 78.9 Å². The van der Waals surface area contributed by atoms with Crippen LogP contribution in [0.2, 0.25) is 0 Å². The Morgan fingerprint density at radius 3 is 2.06 bits per heavy atom. The first-order valence-corrected chi connectivity index (χ1v) is 12.0. The summed E-state index contributed by atoms with van der Waals surface area (Å²) < 4.78 is 0. The molecule has 2 aromatic carbocycles. The third-order valence-electron chi connectivity index (χ3n) is 7.70. The monoisotopic (exact) mass is 492 g/mol. The summed E-state index contributed by atoms with van der Waals surface area (Å²) in [6, 6.07) is 22.3. The first-order valence-electron chi connectivity index (χ1n) is 12.0. The van der Waals surface area contributed by atoms with Gasteiger partial charge in [-0.15, -0.1) is 0 Å². The van der Waals surface area contributed by atoms with E-state index in [1.54, 1.807) is 33.4 Å². The first-order chi connectivity index (χ1) is 15.4. The smallest absolute Gasteiger partial charge is 0.00668 e. The minimum absolute atomic E-state index is 0. The van der Waals surface area contributed by atoms with Gasteiger partial charge in [0.25, 0.3) is 0 Å². The van der Waals surface area contributed by atoms with Crippen LogP contribution < -0.4 is 0 Å². The Balaban J connectivity index is 0.00000216. The van der Waals surface area contributed by atoms with Crippen molar-refractivity contribution in [3.05, 3.63) is 123 Å². The van der Waals surface area contributed by atoms with Gasteiger partial charge in [-0.25, -0.2) is 0 Å². The third kappa shape index (κ3) is 3.84. The van der Waals surface area contributed by atoms with Gasteiger partial charge in [-0.3, -0.25) is 0 Å². The fourth-order valence-electron chi connectivity index (χ4n) is 6.34. The molecule has 4 aliphatic rings. The Kier molecular flexibility index (Phi) is 6.47. The van der Waals surface area contributed by atoms with Crippen molar-refractivity contribution in [2.75, 3.05) is 0 Å². The van der Waals surface area contributed by atoms with Crippen LogP contribution in [0.15, 0.2) is 112 Å². The topological polar surface area (TPSA) is 0 Å². The standard InChI is InChI=1S/C31H30.Zr/c1-3-13-23(14-4-1)30(24-15-5-2-6-16-24)31-27(22-11-7-8-12-22)19-20-28-26-18-10-9-17-25(26)21-29(28)31;/h1-8,11,13-16,27H,9-10,12,17-21H2;. The van der Waals surface area contributed by atoms with Crippen molar-refractivity contribution < 1.29 is 26.2 Å². The Labute approximate surface area is 211 Å². The molecule has 0 aromatic heterocycles. The SMILES string of the molecule is C1=CCC(C2CCC3=C(CC4=C3CCCC4)C2=C(c2ccccc2)c2ccccc2)=C1.[Zr]. The number of allylic oxidation sites excluding steroid dienone is 9. The molecular weight excluding hydrogens is 464 g/mol. The molecule has 0 bridgehead atoms. The van der Waals surface area contributed by atoms with Crippen LogP contribution in [0.25, 0.3) is 5.57 Å². The molecule has 0 saturated carbocycles. The molecule has 1 heteroatoms. The van der Waals surface area contributed by atoms with E-state index in [9.17, 15) is 0 Å². The Bertz CT molecular complexity index is 1110. The fourth-order valence-corrected chi connectivity index (χ4v) is 6.34. The summed E-state index contributed by atoms with van der Waals surface area (Å²) in [7, 11) is 0. The van der Waals surface area contributed by atoms with E-state index in [1.807, 2.05) is 0 Å². The first kappa shape index (κ1) is 21.8. The molecular formula is C31H30Zr. The van der Waals surface area contributed by atoms with Crippen LogP contribution in [-0.4, -0.2) is 0 Å². The van der Waals surface area contributed by atoms with Crippen molar-refractivity contribution in [1.82, 2.24) is 0 Å². The van der Waals surface area contributed by atoms with Gasteiger partial charge in [0, 0.05) is 32.1 Å². The summed E-state index contributed by atoms with van der Waals surface area (Å²) in [5, 5.41) is 0. The molecule has 0 N–H and O–H groups in total. The molecule has 4 aliphatic carbocycles. The van der Waals surface area contributed by atoms with Crippen LogP contribution in [0.5, 0.6) is 0 Å². The normalized spacial score (nSPS) is 21.8. The van der Waals surface area contributed by atoms with E-state index in [-0.39, 0.29) is 26.2 Å². The summed E-state index contributed by atoms with van der Waals surface area (Å²) in [4.78, 5) is 0. The second-order valence-corrected chi connectivity index (χ2v) is 9.41. The molecule has 2 aromatic rings. The molecule has 0 nitrogen and oxygen atoms in total. The molecule has 0 heterocycles. The maximum absolute atomic E-state index is 2.39. The number of hydrogen-bond donors (Lipinski definition) is 0. The van der Waals surface area contributed by atoms with Gasteiger partial charge in [0.15, 0.2) is 0 Å². The molecule has 1 unspecified atom stereocenters. The van der Waals surface area contributed by atoms with Crippen LogP contribution in [0.1, 0.15) is 62.5 Å². The number of hydrogen-bond acceptors (Lipinski definition) is 0. The molecule has 0 aliphatic heterocycles. The molecule has 0 spiro atoms. The van der Waals surface area contributed by atoms with Crippen LogP contribution in [0, 0.1) is 5.92 Å². The van der Waals surface area contributed by atoms with E-state index >= 15 is 0 Å². The van der Waals surface area contributed by atoms with Gasteiger partial charge in [-0.05, 0) is 90.4 Å². The second kappa shape index (κ2) is 9.48. The number of rotatable bonds is 3. The summed E-state index contributed by atoms with van der Waals surface area (Å²) >= 11 is 0. The van der Waals surface area contributed by atoms with Crippen LogP contribution in [0.4, 0.5) is 0 Å². The molecule has 6 rings (SSSR count). The largest absolute Gasteiger partial charge is 0.0804 e. The van der Waals surface area contributed by atoms with Crippen molar-refractivity contribution in [2.24, 2.45) is 5.92 Å². The third-order valence-corrected chi connectivity index (χ3v) is 7.70. The minimum Gasteiger partial charge on any atom is -0.0804 e. The van der Waals surface area contributed by atoms with Gasteiger partial charge in [0.2, 0.25) is 0 Å². The van der Waals surface area contributed by atoms with Crippen molar-refractivity contribution in [1.29, 1.82) is 0 Å². The fraction of sp³-hybridized carbons (Fsp3) is 0.290. The Morgan fingerprint density at radius 1 is 0.719 bits per heavy atom. The molecule has 32 heavy (non-hydrogen) atoms. The second-order valence-electron chi connectivity index (χ2n) is 9.41. The predicted molar refractivity (Wildman–Crippen MR) is 131 cm³/mol. The van der Waals surface area contributed by atoms with Gasteiger partial charge >= 0.3 is 0 Å². The average Bonchev–Trinajstić information content (AvgIpc) is 3.49. The molecule has 158 valence electrons. The van der Waals surface area contributed by atoms with Crippen LogP contribution in [-0.2, 0) is 26.2 Å². The summed E-state index contributed by atoms with van der Waals surface area (Å²) in [5.74, 6) is 0.533. The minimum atomic E-state index is 0. The van der Waals surface area contributed by atoms with E-state index in [0.717, 1.165) is 6.42 Å². The Hall–Kier alpha value is -1.98. The van der Waals surface area contributed by atoms with E-state index in [1.165, 1.54) is 61.6 Å². The predicted octanol–water partition coefficient (Wildman–Crippen LogP) is 8.35. The molecule has 0 fully saturated rings. The van der Waals surface area contributed by atoms with Gasteiger partial charge < -0.3 is 0 Å². The molecule has 1 atom stereocenters. The quantitative estimate of drug-likeness (QED) is 0.403. The average molecular weight is 494 g/mol. The van der Waals surface area contributed by atoms with Gasteiger partial charge in [0.05, 0.1) is 0 Å². The number of benzene rings is 2. The zero-order valence-electron chi connectivity index (χ0n) is 18.7. The van der Waals surface area contributed by atoms with Gasteiger partial charge in [-0.1, -0.05) is 90.0 Å². The zero-order chi connectivity index (χ0) is 20.6. The van der Waals surface area contributed by atoms with Crippen LogP contribution in [0.3, 0.4) is 0 Å². The van der Waals surface area contributed by atoms with Gasteiger partial charge in [-0.2, -0.15) is 0 Å². The van der Waals surface area contributed by atoms with E-state index in [4.69, 9.17) is 0 Å². The maximum Gasteiger partial charge on any atom is 0.00668 e. The number of fused-ring (bicyclic) bond motifs is 1. The summed E-state index contributed by atoms with van der Waals surface area (Å²) in [6.45, 7) is 0. The van der Waals surface area contributed by atoms with Gasteiger partial charge in [0.1, 0.15) is 0 Å². The van der Waals surface area contributed by atoms with Crippen molar-refractivity contribution >= 4 is 5.57 Å². The van der Waals surface area contributed by atoms with Crippen LogP contribution >= 0.6 is 0 Å². The summed E-state index contributed by atoms with van der Waals surface area (Å²) in [6.07, 6.45) is 17.2. The van der Waals surface area contributed by atoms with Crippen molar-refractivity contribution in [2.45, 2.75) is 51.4 Å². The molecule has 0 saturated heterocycles. The maximum atomic E-state index is 2.39.